The predicted octanol–water partition coefficient (Wildman–Crippen LogP) is 4.62. The van der Waals surface area contributed by atoms with Crippen LogP contribution in [0, 0.1) is 0 Å². The van der Waals surface area contributed by atoms with E-state index in [0.29, 0.717) is 31.0 Å². The fraction of sp³-hybridized carbons (Fsp3) is 0.414. The molecule has 0 unspecified atom stereocenters. The minimum Gasteiger partial charge on any atom is -0.358 e. The molecule has 2 aromatic rings. The molecule has 4 aliphatic rings. The number of rotatable bonds is 4. The summed E-state index contributed by atoms with van der Waals surface area (Å²) in [5.41, 5.74) is 6.39. The Bertz CT molecular complexity index is 1300. The van der Waals surface area contributed by atoms with Crippen LogP contribution < -0.4 is 5.32 Å². The maximum absolute atomic E-state index is 13.3. The molecular formula is C29H32N4O2S. The van der Waals surface area contributed by atoms with Crippen LogP contribution in [0.2, 0.25) is 0 Å². The summed E-state index contributed by atoms with van der Waals surface area (Å²) in [6.45, 7) is 4.86. The number of fused-ring (bicyclic) bond motifs is 2. The topological polar surface area (TPSA) is 65.0 Å². The lowest BCUT2D eigenvalue weighted by Crippen LogP contribution is -2.43. The lowest BCUT2D eigenvalue weighted by Gasteiger charge is -2.34. The van der Waals surface area contributed by atoms with E-state index in [-0.39, 0.29) is 17.7 Å². The van der Waals surface area contributed by atoms with Crippen molar-refractivity contribution in [3.05, 3.63) is 74.6 Å². The Balaban J connectivity index is 1.25. The Morgan fingerprint density at radius 2 is 2.03 bits per heavy atom. The first-order chi connectivity index (χ1) is 17.5. The number of nitrogens with zero attached hydrogens (tertiary/aromatic N) is 3. The van der Waals surface area contributed by atoms with Crippen molar-refractivity contribution in [3.63, 3.8) is 0 Å². The lowest BCUT2D eigenvalue weighted by atomic mass is 9.93. The first-order valence-electron chi connectivity index (χ1n) is 12.9. The Morgan fingerprint density at radius 1 is 1.19 bits per heavy atom. The number of amides is 1. The first kappa shape index (κ1) is 23.4. The van der Waals surface area contributed by atoms with E-state index >= 15 is 0 Å². The van der Waals surface area contributed by atoms with Gasteiger partial charge in [0.05, 0.1) is 17.3 Å². The van der Waals surface area contributed by atoms with Gasteiger partial charge in [-0.25, -0.2) is 0 Å². The molecule has 3 aliphatic heterocycles. The first-order valence-corrected chi connectivity index (χ1v) is 13.8. The maximum atomic E-state index is 13.3. The Kier molecular flexibility index (Phi) is 6.13. The highest BCUT2D eigenvalue weighted by Crippen LogP contribution is 2.38. The van der Waals surface area contributed by atoms with Gasteiger partial charge in [-0.3, -0.25) is 14.6 Å². The molecule has 1 saturated heterocycles. The van der Waals surface area contributed by atoms with Gasteiger partial charge in [0.2, 0.25) is 0 Å². The number of piperidine rings is 1. The minimum atomic E-state index is 0.0839. The van der Waals surface area contributed by atoms with Gasteiger partial charge >= 0.3 is 0 Å². The van der Waals surface area contributed by atoms with Gasteiger partial charge in [0.1, 0.15) is 0 Å². The van der Waals surface area contributed by atoms with Crippen LogP contribution in [0.5, 0.6) is 0 Å². The minimum absolute atomic E-state index is 0.0839. The monoisotopic (exact) mass is 500 g/mol. The van der Waals surface area contributed by atoms with Gasteiger partial charge in [-0.2, -0.15) is 0 Å². The molecule has 6 rings (SSSR count). The maximum Gasteiger partial charge on any atom is 0.254 e. The molecule has 0 bridgehead atoms. The molecule has 1 N–H and O–H groups in total. The molecule has 1 atom stereocenters. The van der Waals surface area contributed by atoms with Gasteiger partial charge in [-0.1, -0.05) is 12.1 Å². The molecule has 186 valence electrons. The number of aliphatic imine (C=N–C) groups is 1. The van der Waals surface area contributed by atoms with E-state index in [1.807, 2.05) is 12.2 Å². The highest BCUT2D eigenvalue weighted by molar-refractivity contribution is 7.09. The fourth-order valence-electron chi connectivity index (χ4n) is 5.88. The Hall–Kier alpha value is -3.03. The van der Waals surface area contributed by atoms with Crippen LogP contribution in [-0.4, -0.2) is 59.4 Å². The number of nitrogens with one attached hydrogen (secondary N) is 1. The summed E-state index contributed by atoms with van der Waals surface area (Å²) < 4.78 is 0. The summed E-state index contributed by atoms with van der Waals surface area (Å²) in [5, 5.41) is 5.62. The number of Topliss-reactive ketones (excluding diaryl/α,β-unsaturated/α-hetero) is 1. The van der Waals surface area contributed by atoms with E-state index in [2.05, 4.69) is 58.7 Å². The van der Waals surface area contributed by atoms with Crippen molar-refractivity contribution in [2.24, 2.45) is 4.99 Å². The molecule has 4 heterocycles. The van der Waals surface area contributed by atoms with Crippen molar-refractivity contribution in [1.82, 2.24) is 9.80 Å². The van der Waals surface area contributed by atoms with Gasteiger partial charge < -0.3 is 15.1 Å². The third-order valence-electron chi connectivity index (χ3n) is 7.79. The summed E-state index contributed by atoms with van der Waals surface area (Å²) in [7, 11) is 2.15. The van der Waals surface area contributed by atoms with E-state index < -0.39 is 0 Å². The molecule has 36 heavy (non-hydrogen) atoms. The molecule has 0 spiro atoms. The molecule has 0 radical (unpaired) electrons. The molecule has 1 aliphatic carbocycles. The Morgan fingerprint density at radius 3 is 2.81 bits per heavy atom. The molecular weight excluding hydrogens is 468 g/mol. The summed E-state index contributed by atoms with van der Waals surface area (Å²) in [6, 6.07) is 8.79. The number of likely N-dealkylation sites (tertiary alicyclic amines) is 1. The summed E-state index contributed by atoms with van der Waals surface area (Å²) in [4.78, 5) is 37.0. The number of thiophene rings is 1. The molecule has 6 nitrogen and oxygen atoms in total. The number of hydrogen-bond donors (Lipinski definition) is 1. The number of benzene rings is 1. The summed E-state index contributed by atoms with van der Waals surface area (Å²) in [6.07, 6.45) is 7.85. The van der Waals surface area contributed by atoms with Crippen molar-refractivity contribution in [1.29, 1.82) is 0 Å². The van der Waals surface area contributed by atoms with Crippen molar-refractivity contribution in [2.45, 2.75) is 57.7 Å². The SMILES string of the molecule is C[C@@H](Cc1cccs1)N=C1C=CCC(=O)C1=C1Cc2cc3c(cc2N1)CN(C1CCN(C)CC1)C3=O. The van der Waals surface area contributed by atoms with E-state index in [0.717, 1.165) is 66.1 Å². The highest BCUT2D eigenvalue weighted by atomic mass is 32.1. The second kappa shape index (κ2) is 9.45. The number of ketones is 1. The zero-order valence-corrected chi connectivity index (χ0v) is 21.7. The average molecular weight is 501 g/mol. The number of allylic oxidation sites excluding steroid dienone is 4. The third-order valence-corrected chi connectivity index (χ3v) is 8.69. The molecule has 1 fully saturated rings. The molecule has 0 saturated carbocycles. The van der Waals surface area contributed by atoms with Crippen LogP contribution in [0.1, 0.15) is 52.5 Å². The highest BCUT2D eigenvalue weighted by Gasteiger charge is 2.36. The zero-order valence-electron chi connectivity index (χ0n) is 20.9. The largest absolute Gasteiger partial charge is 0.358 e. The second-order valence-corrected chi connectivity index (χ2v) is 11.5. The smallest absolute Gasteiger partial charge is 0.254 e. The van der Waals surface area contributed by atoms with Crippen LogP contribution >= 0.6 is 11.3 Å². The van der Waals surface area contributed by atoms with Gasteiger partial charge in [0, 0.05) is 53.7 Å². The number of carbonyl (C=O) groups excluding carboxylic acids is 2. The van der Waals surface area contributed by atoms with Crippen LogP contribution in [0.15, 0.2) is 58.1 Å². The van der Waals surface area contributed by atoms with Gasteiger partial charge in [0.15, 0.2) is 5.78 Å². The Labute approximate surface area is 216 Å². The molecule has 1 aromatic heterocycles. The van der Waals surface area contributed by atoms with Crippen LogP contribution in [0.25, 0.3) is 0 Å². The zero-order chi connectivity index (χ0) is 24.8. The van der Waals surface area contributed by atoms with Crippen LogP contribution in [0.4, 0.5) is 5.69 Å². The van der Waals surface area contributed by atoms with E-state index in [4.69, 9.17) is 4.99 Å². The van der Waals surface area contributed by atoms with Gasteiger partial charge in [0.25, 0.3) is 5.91 Å². The van der Waals surface area contributed by atoms with Crippen molar-refractivity contribution in [3.8, 4) is 0 Å². The third kappa shape index (κ3) is 4.35. The van der Waals surface area contributed by atoms with E-state index in [9.17, 15) is 9.59 Å². The number of hydrogen-bond acceptors (Lipinski definition) is 6. The van der Waals surface area contributed by atoms with Crippen LogP contribution in [0.3, 0.4) is 0 Å². The summed E-state index contributed by atoms with van der Waals surface area (Å²) >= 11 is 1.74. The van der Waals surface area contributed by atoms with Gasteiger partial charge in [-0.15, -0.1) is 11.3 Å². The molecule has 7 heteroatoms. The number of carbonyl (C=O) groups is 2. The van der Waals surface area contributed by atoms with Crippen molar-refractivity contribution >= 4 is 34.4 Å². The standard InChI is InChI=1S/C29H32N4O2S/c1-18(13-22-5-4-12-36-22)30-24-6-3-7-27(34)28(24)26-15-19-14-23-20(16-25(19)31-26)17-33(29(23)35)21-8-10-32(2)11-9-21/h3-6,12,14,16,18,21,31H,7-11,13,15,17H2,1-2H3/t18-/m0/s1. The number of anilines is 1. The normalized spacial score (nSPS) is 24.4. The molecule has 1 amide bonds. The molecule has 1 aromatic carbocycles. The van der Waals surface area contributed by atoms with E-state index in [1.165, 1.54) is 4.88 Å². The summed E-state index contributed by atoms with van der Waals surface area (Å²) in [5.74, 6) is 0.261. The van der Waals surface area contributed by atoms with E-state index in [1.54, 1.807) is 11.3 Å². The average Bonchev–Trinajstić information content (AvgIpc) is 3.58. The van der Waals surface area contributed by atoms with Gasteiger partial charge in [-0.05, 0) is 80.7 Å². The quantitative estimate of drug-likeness (QED) is 0.622. The van der Waals surface area contributed by atoms with Crippen molar-refractivity contribution in [2.75, 3.05) is 25.5 Å². The van der Waals surface area contributed by atoms with Crippen molar-refractivity contribution < 1.29 is 9.59 Å². The lowest BCUT2D eigenvalue weighted by molar-refractivity contribution is -0.114. The predicted molar refractivity (Wildman–Crippen MR) is 145 cm³/mol. The van der Waals surface area contributed by atoms with Crippen LogP contribution in [-0.2, 0) is 24.2 Å². The second-order valence-electron chi connectivity index (χ2n) is 10.5. The fourth-order valence-corrected chi connectivity index (χ4v) is 6.71.